The third-order valence-corrected chi connectivity index (χ3v) is 4.83. The Balaban J connectivity index is 1.94. The molecule has 0 aliphatic carbocycles. The summed E-state index contributed by atoms with van der Waals surface area (Å²) in [6.07, 6.45) is 0.735. The molecule has 2 N–H and O–H groups in total. The standard InChI is InChI=1S/C16H15BrClNO/c1-9-2-5-15-11(6-9)14(19)8-16(20-15)10-3-4-13(18)12(17)7-10/h2-7,14,16H,8,19H2,1H3/t14-,16?/m0/s1. The van der Waals surface area contributed by atoms with Gasteiger partial charge in [0.25, 0.3) is 0 Å². The zero-order chi connectivity index (χ0) is 14.3. The molecule has 2 aromatic rings. The van der Waals surface area contributed by atoms with Gasteiger partial charge in [-0.15, -0.1) is 0 Å². The molecule has 104 valence electrons. The first-order valence-electron chi connectivity index (χ1n) is 6.52. The molecule has 3 rings (SSSR count). The van der Waals surface area contributed by atoms with Crippen LogP contribution in [-0.4, -0.2) is 0 Å². The molecule has 4 heteroatoms. The summed E-state index contributed by atoms with van der Waals surface area (Å²) in [7, 11) is 0. The van der Waals surface area contributed by atoms with E-state index in [0.29, 0.717) is 5.02 Å². The number of hydrogen-bond donors (Lipinski definition) is 1. The lowest BCUT2D eigenvalue weighted by Crippen LogP contribution is -2.24. The Morgan fingerprint density at radius 3 is 2.80 bits per heavy atom. The van der Waals surface area contributed by atoms with Crippen LogP contribution < -0.4 is 10.5 Å². The van der Waals surface area contributed by atoms with Gasteiger partial charge in [-0.2, -0.15) is 0 Å². The summed E-state index contributed by atoms with van der Waals surface area (Å²) in [6, 6.07) is 12.0. The van der Waals surface area contributed by atoms with Gasteiger partial charge in [-0.25, -0.2) is 0 Å². The van der Waals surface area contributed by atoms with Gasteiger partial charge in [0.05, 0.1) is 5.02 Å². The third-order valence-electron chi connectivity index (χ3n) is 3.62. The van der Waals surface area contributed by atoms with Crippen molar-refractivity contribution < 1.29 is 4.74 Å². The van der Waals surface area contributed by atoms with E-state index in [1.54, 1.807) is 0 Å². The van der Waals surface area contributed by atoms with Crippen molar-refractivity contribution >= 4 is 27.5 Å². The molecule has 0 aromatic heterocycles. The third kappa shape index (κ3) is 2.58. The molecular formula is C16H15BrClNO. The number of hydrogen-bond acceptors (Lipinski definition) is 2. The topological polar surface area (TPSA) is 35.2 Å². The molecular weight excluding hydrogens is 338 g/mol. The number of ether oxygens (including phenoxy) is 1. The van der Waals surface area contributed by atoms with E-state index in [4.69, 9.17) is 22.1 Å². The Morgan fingerprint density at radius 2 is 2.05 bits per heavy atom. The Kier molecular flexibility index (Phi) is 3.76. The van der Waals surface area contributed by atoms with E-state index in [-0.39, 0.29) is 12.1 Å². The second kappa shape index (κ2) is 5.40. The highest BCUT2D eigenvalue weighted by atomic mass is 79.9. The van der Waals surface area contributed by atoms with Crippen LogP contribution in [0, 0.1) is 6.92 Å². The van der Waals surface area contributed by atoms with E-state index in [1.165, 1.54) is 5.56 Å². The zero-order valence-corrected chi connectivity index (χ0v) is 13.4. The summed E-state index contributed by atoms with van der Waals surface area (Å²) in [4.78, 5) is 0. The summed E-state index contributed by atoms with van der Waals surface area (Å²) < 4.78 is 6.97. The summed E-state index contributed by atoms with van der Waals surface area (Å²) in [5.41, 5.74) is 9.68. The summed E-state index contributed by atoms with van der Waals surface area (Å²) in [5, 5.41) is 0.699. The molecule has 1 aliphatic rings. The molecule has 0 radical (unpaired) electrons. The molecule has 2 atom stereocenters. The van der Waals surface area contributed by atoms with E-state index in [2.05, 4.69) is 28.9 Å². The van der Waals surface area contributed by atoms with Gasteiger partial charge >= 0.3 is 0 Å². The molecule has 1 unspecified atom stereocenters. The lowest BCUT2D eigenvalue weighted by molar-refractivity contribution is 0.161. The number of benzene rings is 2. The maximum atomic E-state index is 6.29. The summed E-state index contributed by atoms with van der Waals surface area (Å²) >= 11 is 9.48. The van der Waals surface area contributed by atoms with Crippen LogP contribution >= 0.6 is 27.5 Å². The lowest BCUT2D eigenvalue weighted by atomic mass is 9.93. The maximum Gasteiger partial charge on any atom is 0.126 e. The Labute approximate surface area is 132 Å². The molecule has 0 spiro atoms. The first-order valence-corrected chi connectivity index (χ1v) is 7.69. The van der Waals surface area contributed by atoms with Crippen molar-refractivity contribution in [2.75, 3.05) is 0 Å². The Morgan fingerprint density at radius 1 is 1.25 bits per heavy atom. The van der Waals surface area contributed by atoms with Crippen molar-refractivity contribution in [2.24, 2.45) is 5.73 Å². The second-order valence-electron chi connectivity index (χ2n) is 5.16. The number of halogens is 2. The minimum Gasteiger partial charge on any atom is -0.485 e. The minimum atomic E-state index is -0.0335. The van der Waals surface area contributed by atoms with Gasteiger partial charge in [-0.3, -0.25) is 0 Å². The van der Waals surface area contributed by atoms with E-state index < -0.39 is 0 Å². The van der Waals surface area contributed by atoms with E-state index in [0.717, 1.165) is 27.8 Å². The largest absolute Gasteiger partial charge is 0.485 e. The highest BCUT2D eigenvalue weighted by molar-refractivity contribution is 9.10. The lowest BCUT2D eigenvalue weighted by Gasteiger charge is -2.31. The first-order chi connectivity index (χ1) is 9.54. The molecule has 2 nitrogen and oxygen atoms in total. The number of nitrogens with two attached hydrogens (primary N) is 1. The highest BCUT2D eigenvalue weighted by Gasteiger charge is 2.27. The number of aryl methyl sites for hydroxylation is 1. The molecule has 1 aliphatic heterocycles. The number of rotatable bonds is 1. The van der Waals surface area contributed by atoms with Crippen LogP contribution in [0.3, 0.4) is 0 Å². The Bertz CT molecular complexity index is 659. The molecule has 2 aromatic carbocycles. The fourth-order valence-corrected chi connectivity index (χ4v) is 3.05. The minimum absolute atomic E-state index is 0.00176. The van der Waals surface area contributed by atoms with Crippen LogP contribution in [0.15, 0.2) is 40.9 Å². The molecule has 20 heavy (non-hydrogen) atoms. The zero-order valence-electron chi connectivity index (χ0n) is 11.1. The van der Waals surface area contributed by atoms with Crippen LogP contribution in [0.1, 0.15) is 35.3 Å². The van der Waals surface area contributed by atoms with Crippen molar-refractivity contribution in [3.8, 4) is 5.75 Å². The molecule has 0 saturated carbocycles. The van der Waals surface area contributed by atoms with Crippen LogP contribution in [0.25, 0.3) is 0 Å². The molecule has 0 fully saturated rings. The van der Waals surface area contributed by atoms with Gasteiger partial charge in [-0.1, -0.05) is 35.4 Å². The molecule has 0 amide bonds. The van der Waals surface area contributed by atoms with Crippen molar-refractivity contribution in [3.63, 3.8) is 0 Å². The van der Waals surface area contributed by atoms with Gasteiger partial charge in [0.1, 0.15) is 11.9 Å². The van der Waals surface area contributed by atoms with Crippen molar-refractivity contribution in [1.29, 1.82) is 0 Å². The quantitative estimate of drug-likeness (QED) is 0.789. The van der Waals surface area contributed by atoms with Crippen LogP contribution in [-0.2, 0) is 0 Å². The SMILES string of the molecule is Cc1ccc2c(c1)[C@@H](N)CC(c1ccc(Cl)c(Br)c1)O2. The van der Waals surface area contributed by atoms with Crippen LogP contribution in [0.4, 0.5) is 0 Å². The smallest absolute Gasteiger partial charge is 0.126 e. The van der Waals surface area contributed by atoms with Gasteiger partial charge in [-0.05, 0) is 46.6 Å². The van der Waals surface area contributed by atoms with E-state index >= 15 is 0 Å². The van der Waals surface area contributed by atoms with Crippen LogP contribution in [0.5, 0.6) is 5.75 Å². The fourth-order valence-electron chi connectivity index (χ4n) is 2.54. The van der Waals surface area contributed by atoms with Gasteiger partial charge in [0, 0.05) is 22.5 Å². The normalized spacial score (nSPS) is 21.2. The van der Waals surface area contributed by atoms with Gasteiger partial charge in [0.2, 0.25) is 0 Å². The van der Waals surface area contributed by atoms with Gasteiger partial charge in [0.15, 0.2) is 0 Å². The van der Waals surface area contributed by atoms with Crippen molar-refractivity contribution in [1.82, 2.24) is 0 Å². The fraction of sp³-hybridized carbons (Fsp3) is 0.250. The average Bonchev–Trinajstić information content (AvgIpc) is 2.42. The second-order valence-corrected chi connectivity index (χ2v) is 6.43. The van der Waals surface area contributed by atoms with Gasteiger partial charge < -0.3 is 10.5 Å². The predicted octanol–water partition coefficient (Wildman–Crippen LogP) is 4.93. The van der Waals surface area contributed by atoms with Crippen LogP contribution in [0.2, 0.25) is 5.02 Å². The first kappa shape index (κ1) is 13.9. The maximum absolute atomic E-state index is 6.29. The predicted molar refractivity (Wildman–Crippen MR) is 85.2 cm³/mol. The molecule has 0 bridgehead atoms. The van der Waals surface area contributed by atoms with E-state index in [1.807, 2.05) is 30.3 Å². The molecule has 0 saturated heterocycles. The molecule has 1 heterocycles. The highest BCUT2D eigenvalue weighted by Crippen LogP contribution is 2.40. The number of fused-ring (bicyclic) bond motifs is 1. The monoisotopic (exact) mass is 351 g/mol. The van der Waals surface area contributed by atoms with E-state index in [9.17, 15) is 0 Å². The summed E-state index contributed by atoms with van der Waals surface area (Å²) in [5.74, 6) is 0.880. The Hall–Kier alpha value is -1.03. The van der Waals surface area contributed by atoms with Crippen molar-refractivity contribution in [2.45, 2.75) is 25.5 Å². The summed E-state index contributed by atoms with van der Waals surface area (Å²) in [6.45, 7) is 2.06. The van der Waals surface area contributed by atoms with Crippen molar-refractivity contribution in [3.05, 3.63) is 62.6 Å². The average molecular weight is 353 g/mol.